The SMILES string of the molecule is CN(Cc1cccnc1)C(=O)c1ccc(N2CCc3c(-c4cnc(N)nc4)nc(N4CCOCC4)nc32)c(F)c1. The molecule has 0 radical (unpaired) electrons. The number of aromatic nitrogens is 5. The van der Waals surface area contributed by atoms with E-state index in [-0.39, 0.29) is 17.4 Å². The minimum Gasteiger partial charge on any atom is -0.378 e. The number of hydrogen-bond donors (Lipinski definition) is 1. The van der Waals surface area contributed by atoms with Crippen molar-refractivity contribution in [3.8, 4) is 11.3 Å². The number of carbonyl (C=O) groups excluding carboxylic acids is 1. The molecule has 2 aliphatic heterocycles. The first-order chi connectivity index (χ1) is 19.5. The van der Waals surface area contributed by atoms with Crippen molar-refractivity contribution in [3.05, 3.63) is 77.6 Å². The maximum absolute atomic E-state index is 15.6. The molecule has 5 heterocycles. The predicted molar refractivity (Wildman–Crippen MR) is 148 cm³/mol. The van der Waals surface area contributed by atoms with Crippen molar-refractivity contribution in [3.63, 3.8) is 0 Å². The van der Waals surface area contributed by atoms with Gasteiger partial charge in [-0.2, -0.15) is 4.98 Å². The smallest absolute Gasteiger partial charge is 0.254 e. The van der Waals surface area contributed by atoms with Crippen LogP contribution in [-0.4, -0.2) is 75.6 Å². The number of carbonyl (C=O) groups is 1. The number of fused-ring (bicyclic) bond motifs is 1. The van der Waals surface area contributed by atoms with E-state index in [1.807, 2.05) is 17.0 Å². The van der Waals surface area contributed by atoms with E-state index < -0.39 is 5.82 Å². The Balaban J connectivity index is 1.33. The van der Waals surface area contributed by atoms with Gasteiger partial charge in [0.2, 0.25) is 11.9 Å². The van der Waals surface area contributed by atoms with Gasteiger partial charge in [0, 0.05) is 74.7 Å². The Morgan fingerprint density at radius 3 is 2.62 bits per heavy atom. The van der Waals surface area contributed by atoms with Gasteiger partial charge in [-0.3, -0.25) is 9.78 Å². The Labute approximate surface area is 230 Å². The molecule has 2 aliphatic rings. The van der Waals surface area contributed by atoms with Crippen LogP contribution < -0.4 is 15.5 Å². The molecule has 3 aromatic heterocycles. The minimum absolute atomic E-state index is 0.173. The van der Waals surface area contributed by atoms with Crippen LogP contribution in [0.3, 0.4) is 0 Å². The number of amides is 1. The lowest BCUT2D eigenvalue weighted by Crippen LogP contribution is -2.37. The lowest BCUT2D eigenvalue weighted by molar-refractivity contribution is 0.0784. The summed E-state index contributed by atoms with van der Waals surface area (Å²) in [7, 11) is 1.68. The molecule has 0 saturated carbocycles. The monoisotopic (exact) mass is 541 g/mol. The average Bonchev–Trinajstić information content (AvgIpc) is 3.41. The highest BCUT2D eigenvalue weighted by atomic mass is 19.1. The largest absolute Gasteiger partial charge is 0.378 e. The van der Waals surface area contributed by atoms with Gasteiger partial charge in [-0.05, 0) is 36.2 Å². The number of ether oxygens (including phenoxy) is 1. The fourth-order valence-electron chi connectivity index (χ4n) is 5.00. The number of hydrogen-bond acceptors (Lipinski definition) is 10. The Bertz CT molecular complexity index is 1530. The van der Waals surface area contributed by atoms with Gasteiger partial charge in [-0.25, -0.2) is 19.3 Å². The molecule has 0 bridgehead atoms. The Hall–Kier alpha value is -4.71. The third-order valence-corrected chi connectivity index (χ3v) is 7.03. The first kappa shape index (κ1) is 25.6. The highest BCUT2D eigenvalue weighted by Gasteiger charge is 2.31. The van der Waals surface area contributed by atoms with Crippen molar-refractivity contribution >= 4 is 29.3 Å². The molecule has 0 spiro atoms. The molecule has 6 rings (SSSR count). The van der Waals surface area contributed by atoms with E-state index in [4.69, 9.17) is 20.4 Å². The van der Waals surface area contributed by atoms with Gasteiger partial charge in [0.25, 0.3) is 5.91 Å². The number of nitrogen functional groups attached to an aromatic ring is 1. The summed E-state index contributed by atoms with van der Waals surface area (Å²) in [5, 5.41) is 0. The standard InChI is InChI=1S/C28H28FN9O2/c1-36(17-18-3-2-7-31-14-18)26(39)19-4-5-23(22(29)13-19)38-8-6-21-24(20-15-32-27(30)33-16-20)34-28(35-25(21)38)37-9-11-40-12-10-37/h2-5,7,13-16H,6,8-12,17H2,1H3,(H2,30,32,33). The van der Waals surface area contributed by atoms with E-state index in [0.29, 0.717) is 74.5 Å². The third kappa shape index (κ3) is 5.00. The zero-order chi connectivity index (χ0) is 27.6. The van der Waals surface area contributed by atoms with E-state index in [0.717, 1.165) is 11.1 Å². The van der Waals surface area contributed by atoms with Crippen molar-refractivity contribution in [2.45, 2.75) is 13.0 Å². The molecule has 12 heteroatoms. The number of nitrogens with two attached hydrogens (primary N) is 1. The highest BCUT2D eigenvalue weighted by molar-refractivity contribution is 5.94. The van der Waals surface area contributed by atoms with Gasteiger partial charge in [0.15, 0.2) is 0 Å². The van der Waals surface area contributed by atoms with Crippen molar-refractivity contribution in [1.29, 1.82) is 0 Å². The lowest BCUT2D eigenvalue weighted by Gasteiger charge is -2.28. The van der Waals surface area contributed by atoms with E-state index in [2.05, 4.69) is 19.9 Å². The summed E-state index contributed by atoms with van der Waals surface area (Å²) in [5.74, 6) is 0.545. The van der Waals surface area contributed by atoms with Crippen molar-refractivity contribution < 1.29 is 13.9 Å². The molecule has 40 heavy (non-hydrogen) atoms. The first-order valence-corrected chi connectivity index (χ1v) is 13.0. The van der Waals surface area contributed by atoms with Crippen LogP contribution in [0.2, 0.25) is 0 Å². The normalized spacial score (nSPS) is 14.8. The Morgan fingerprint density at radius 1 is 1.10 bits per heavy atom. The minimum atomic E-state index is -0.502. The lowest BCUT2D eigenvalue weighted by atomic mass is 10.1. The number of anilines is 4. The summed E-state index contributed by atoms with van der Waals surface area (Å²) in [6, 6.07) is 8.28. The second kappa shape index (κ2) is 10.8. The van der Waals surface area contributed by atoms with Gasteiger partial charge < -0.3 is 25.2 Å². The number of nitrogens with zero attached hydrogens (tertiary/aromatic N) is 8. The summed E-state index contributed by atoms with van der Waals surface area (Å²) in [6.45, 7) is 3.31. The molecule has 0 unspecified atom stereocenters. The molecule has 1 amide bonds. The number of halogens is 1. The van der Waals surface area contributed by atoms with Crippen LogP contribution in [0.5, 0.6) is 0 Å². The molecule has 1 fully saturated rings. The van der Waals surface area contributed by atoms with Crippen LogP contribution in [0.1, 0.15) is 21.5 Å². The van der Waals surface area contributed by atoms with Gasteiger partial charge in [0.1, 0.15) is 11.6 Å². The molecule has 0 aliphatic carbocycles. The van der Waals surface area contributed by atoms with Gasteiger partial charge in [0.05, 0.1) is 24.6 Å². The number of benzene rings is 1. The van der Waals surface area contributed by atoms with Crippen LogP contribution in [0, 0.1) is 5.82 Å². The topological polar surface area (TPSA) is 126 Å². The van der Waals surface area contributed by atoms with Gasteiger partial charge in [-0.1, -0.05) is 6.07 Å². The van der Waals surface area contributed by atoms with Crippen molar-refractivity contribution in [2.24, 2.45) is 0 Å². The van der Waals surface area contributed by atoms with Crippen LogP contribution in [0.25, 0.3) is 11.3 Å². The molecular weight excluding hydrogens is 513 g/mol. The zero-order valence-corrected chi connectivity index (χ0v) is 22.0. The fourth-order valence-corrected chi connectivity index (χ4v) is 5.00. The zero-order valence-electron chi connectivity index (χ0n) is 22.0. The summed E-state index contributed by atoms with van der Waals surface area (Å²) >= 11 is 0. The van der Waals surface area contributed by atoms with Crippen LogP contribution in [0.15, 0.2) is 55.1 Å². The number of rotatable bonds is 6. The van der Waals surface area contributed by atoms with Crippen molar-refractivity contribution in [1.82, 2.24) is 29.8 Å². The van der Waals surface area contributed by atoms with Gasteiger partial charge >= 0.3 is 0 Å². The van der Waals surface area contributed by atoms with Crippen LogP contribution >= 0.6 is 0 Å². The second-order valence-electron chi connectivity index (χ2n) is 9.69. The quantitative estimate of drug-likeness (QED) is 0.389. The summed E-state index contributed by atoms with van der Waals surface area (Å²) in [5.41, 5.74) is 9.49. The van der Waals surface area contributed by atoms with Crippen LogP contribution in [-0.2, 0) is 17.7 Å². The van der Waals surface area contributed by atoms with Crippen LogP contribution in [0.4, 0.5) is 27.8 Å². The Kier molecular flexibility index (Phi) is 6.91. The second-order valence-corrected chi connectivity index (χ2v) is 9.69. The molecule has 1 saturated heterocycles. The molecule has 2 N–H and O–H groups in total. The van der Waals surface area contributed by atoms with E-state index in [9.17, 15) is 4.79 Å². The maximum Gasteiger partial charge on any atom is 0.254 e. The Morgan fingerprint density at radius 2 is 1.90 bits per heavy atom. The maximum atomic E-state index is 15.6. The molecule has 0 atom stereocenters. The predicted octanol–water partition coefficient (Wildman–Crippen LogP) is 2.85. The third-order valence-electron chi connectivity index (χ3n) is 7.03. The van der Waals surface area contributed by atoms with Crippen molar-refractivity contribution in [2.75, 3.05) is 55.4 Å². The molecule has 1 aromatic carbocycles. The molecule has 11 nitrogen and oxygen atoms in total. The molecule has 4 aromatic rings. The molecular formula is C28H28FN9O2. The number of morpholine rings is 1. The fraction of sp³-hybridized carbons (Fsp3) is 0.286. The average molecular weight is 542 g/mol. The van der Waals surface area contributed by atoms with E-state index >= 15 is 4.39 Å². The summed E-state index contributed by atoms with van der Waals surface area (Å²) < 4.78 is 21.1. The number of pyridine rings is 1. The summed E-state index contributed by atoms with van der Waals surface area (Å²) in [4.78, 5) is 40.6. The molecule has 204 valence electrons. The van der Waals surface area contributed by atoms with E-state index in [1.165, 1.54) is 6.07 Å². The highest BCUT2D eigenvalue weighted by Crippen LogP contribution is 2.40. The van der Waals surface area contributed by atoms with Gasteiger partial charge in [-0.15, -0.1) is 0 Å². The first-order valence-electron chi connectivity index (χ1n) is 13.0. The van der Waals surface area contributed by atoms with E-state index in [1.54, 1.807) is 48.9 Å². The summed E-state index contributed by atoms with van der Waals surface area (Å²) in [6.07, 6.45) is 7.26.